The van der Waals surface area contributed by atoms with E-state index in [0.717, 1.165) is 38.1 Å². The first-order valence-corrected chi connectivity index (χ1v) is 6.18. The van der Waals surface area contributed by atoms with Gasteiger partial charge in [-0.15, -0.1) is 0 Å². The van der Waals surface area contributed by atoms with Gasteiger partial charge < -0.3 is 9.64 Å². The fraction of sp³-hybridized carbons (Fsp3) is 0.538. The maximum absolute atomic E-state index is 11.9. The third-order valence-corrected chi connectivity index (χ3v) is 3.34. The van der Waals surface area contributed by atoms with E-state index < -0.39 is 0 Å². The van der Waals surface area contributed by atoms with Crippen LogP contribution >= 0.6 is 0 Å². The number of amides is 1. The summed E-state index contributed by atoms with van der Waals surface area (Å²) in [4.78, 5) is 17.8. The Labute approximate surface area is 101 Å². The molecule has 90 valence electrons. The number of ether oxygens (including phenoxy) is 1. The van der Waals surface area contributed by atoms with Gasteiger partial charge in [0, 0.05) is 31.3 Å². The number of carbonyl (C=O) groups excluding carboxylic acids is 1. The summed E-state index contributed by atoms with van der Waals surface area (Å²) in [6.45, 7) is 1.57. The molecule has 0 spiro atoms. The van der Waals surface area contributed by atoms with Crippen LogP contribution in [0.1, 0.15) is 19.3 Å². The Balaban J connectivity index is 1.55. The summed E-state index contributed by atoms with van der Waals surface area (Å²) in [6, 6.07) is 3.71. The van der Waals surface area contributed by atoms with Gasteiger partial charge in [-0.05, 0) is 25.0 Å². The maximum Gasteiger partial charge on any atom is 0.225 e. The van der Waals surface area contributed by atoms with Crippen LogP contribution < -0.4 is 4.74 Å². The minimum Gasteiger partial charge on any atom is -0.488 e. The highest BCUT2D eigenvalue weighted by Crippen LogP contribution is 2.32. The van der Waals surface area contributed by atoms with Gasteiger partial charge in [0.2, 0.25) is 5.91 Å². The molecule has 1 aromatic rings. The van der Waals surface area contributed by atoms with Gasteiger partial charge in [-0.1, -0.05) is 0 Å². The first kappa shape index (κ1) is 10.6. The molecule has 2 heterocycles. The summed E-state index contributed by atoms with van der Waals surface area (Å²) in [6.07, 6.45) is 6.66. The number of rotatable bonds is 3. The Hall–Kier alpha value is -1.58. The molecular formula is C13H16N2O2. The molecule has 1 atom stereocenters. The number of aromatic nitrogens is 1. The lowest BCUT2D eigenvalue weighted by Crippen LogP contribution is -2.31. The lowest BCUT2D eigenvalue weighted by atomic mass is 10.3. The molecule has 17 heavy (non-hydrogen) atoms. The predicted molar refractivity (Wildman–Crippen MR) is 62.6 cm³/mol. The van der Waals surface area contributed by atoms with Gasteiger partial charge in [0.25, 0.3) is 0 Å². The highest BCUT2D eigenvalue weighted by atomic mass is 16.5. The summed E-state index contributed by atoms with van der Waals surface area (Å²) < 4.78 is 5.82. The van der Waals surface area contributed by atoms with E-state index in [0.29, 0.717) is 11.8 Å². The summed E-state index contributed by atoms with van der Waals surface area (Å²) in [5.74, 6) is 1.48. The third kappa shape index (κ3) is 2.40. The van der Waals surface area contributed by atoms with Crippen LogP contribution in [-0.2, 0) is 4.79 Å². The molecule has 1 aromatic heterocycles. The highest BCUT2D eigenvalue weighted by Gasteiger charge is 2.37. The summed E-state index contributed by atoms with van der Waals surface area (Å²) in [5.41, 5.74) is 0. The lowest BCUT2D eigenvalue weighted by Gasteiger charge is -2.16. The van der Waals surface area contributed by atoms with Crippen molar-refractivity contribution >= 4 is 5.91 Å². The zero-order valence-corrected chi connectivity index (χ0v) is 9.71. The molecule has 1 aliphatic heterocycles. The van der Waals surface area contributed by atoms with Gasteiger partial charge in [0.1, 0.15) is 11.9 Å². The van der Waals surface area contributed by atoms with Gasteiger partial charge in [0.05, 0.1) is 6.54 Å². The topological polar surface area (TPSA) is 42.4 Å². The molecule has 0 N–H and O–H groups in total. The number of nitrogens with zero attached hydrogens (tertiary/aromatic N) is 2. The maximum atomic E-state index is 11.9. The summed E-state index contributed by atoms with van der Waals surface area (Å²) >= 11 is 0. The van der Waals surface area contributed by atoms with E-state index >= 15 is 0 Å². The Morgan fingerprint density at radius 3 is 2.76 bits per heavy atom. The van der Waals surface area contributed by atoms with Crippen molar-refractivity contribution in [3.63, 3.8) is 0 Å². The van der Waals surface area contributed by atoms with Crippen LogP contribution in [0.2, 0.25) is 0 Å². The van der Waals surface area contributed by atoms with Gasteiger partial charge in [-0.2, -0.15) is 0 Å². The van der Waals surface area contributed by atoms with Crippen molar-refractivity contribution in [1.82, 2.24) is 9.88 Å². The Morgan fingerprint density at radius 2 is 2.06 bits per heavy atom. The second kappa shape index (κ2) is 4.35. The molecule has 1 saturated heterocycles. The van der Waals surface area contributed by atoms with Crippen molar-refractivity contribution in [2.45, 2.75) is 25.4 Å². The number of likely N-dealkylation sites (tertiary alicyclic amines) is 1. The molecule has 1 saturated carbocycles. The van der Waals surface area contributed by atoms with Gasteiger partial charge >= 0.3 is 0 Å². The quantitative estimate of drug-likeness (QED) is 0.792. The Kier molecular flexibility index (Phi) is 2.71. The van der Waals surface area contributed by atoms with Crippen LogP contribution in [0.4, 0.5) is 0 Å². The lowest BCUT2D eigenvalue weighted by molar-refractivity contribution is -0.131. The number of hydrogen-bond acceptors (Lipinski definition) is 3. The molecule has 2 fully saturated rings. The van der Waals surface area contributed by atoms with Crippen molar-refractivity contribution in [3.8, 4) is 5.75 Å². The van der Waals surface area contributed by atoms with Gasteiger partial charge in [-0.25, -0.2) is 0 Å². The van der Waals surface area contributed by atoms with Crippen molar-refractivity contribution < 1.29 is 9.53 Å². The van der Waals surface area contributed by atoms with Crippen molar-refractivity contribution in [2.75, 3.05) is 13.1 Å². The van der Waals surface area contributed by atoms with Crippen molar-refractivity contribution in [3.05, 3.63) is 24.5 Å². The minimum absolute atomic E-state index is 0.139. The van der Waals surface area contributed by atoms with Crippen LogP contribution in [0.3, 0.4) is 0 Å². The first-order valence-electron chi connectivity index (χ1n) is 6.18. The largest absolute Gasteiger partial charge is 0.488 e. The average molecular weight is 232 g/mol. The molecule has 1 aliphatic carbocycles. The molecule has 4 heteroatoms. The zero-order valence-electron chi connectivity index (χ0n) is 9.71. The smallest absolute Gasteiger partial charge is 0.225 e. The summed E-state index contributed by atoms with van der Waals surface area (Å²) in [5, 5.41) is 0. The van der Waals surface area contributed by atoms with E-state index in [4.69, 9.17) is 4.74 Å². The van der Waals surface area contributed by atoms with E-state index in [-0.39, 0.29) is 6.10 Å². The number of pyridine rings is 1. The van der Waals surface area contributed by atoms with Crippen molar-refractivity contribution in [1.29, 1.82) is 0 Å². The SMILES string of the molecule is O=C(C1CC1)N1CC[C@H](Oc2ccncc2)C1. The van der Waals surface area contributed by atoms with Crippen LogP contribution in [0.15, 0.2) is 24.5 Å². The van der Waals surface area contributed by atoms with E-state index in [1.807, 2.05) is 17.0 Å². The Morgan fingerprint density at radius 1 is 1.29 bits per heavy atom. The minimum atomic E-state index is 0.139. The fourth-order valence-corrected chi connectivity index (χ4v) is 2.22. The van der Waals surface area contributed by atoms with E-state index in [1.54, 1.807) is 12.4 Å². The summed E-state index contributed by atoms with van der Waals surface area (Å²) in [7, 11) is 0. The number of carbonyl (C=O) groups is 1. The standard InChI is InChI=1S/C13H16N2O2/c16-13(10-1-2-10)15-8-5-12(9-15)17-11-3-6-14-7-4-11/h3-4,6-7,10,12H,1-2,5,8-9H2/t12-/m0/s1. The molecule has 0 unspecified atom stereocenters. The van der Waals surface area contributed by atoms with Crippen molar-refractivity contribution in [2.24, 2.45) is 5.92 Å². The molecule has 0 aromatic carbocycles. The highest BCUT2D eigenvalue weighted by molar-refractivity contribution is 5.81. The third-order valence-electron chi connectivity index (χ3n) is 3.34. The van der Waals surface area contributed by atoms with Gasteiger partial charge in [-0.3, -0.25) is 9.78 Å². The molecule has 3 rings (SSSR count). The van der Waals surface area contributed by atoms with Crippen LogP contribution in [-0.4, -0.2) is 35.0 Å². The second-order valence-electron chi connectivity index (χ2n) is 4.77. The molecule has 0 radical (unpaired) electrons. The van der Waals surface area contributed by atoms with Gasteiger partial charge in [0.15, 0.2) is 0 Å². The molecule has 0 bridgehead atoms. The van der Waals surface area contributed by atoms with E-state index in [1.165, 1.54) is 0 Å². The Bertz CT molecular complexity index is 403. The van der Waals surface area contributed by atoms with Crippen LogP contribution in [0.5, 0.6) is 5.75 Å². The van der Waals surface area contributed by atoms with E-state index in [2.05, 4.69) is 4.98 Å². The monoisotopic (exact) mass is 232 g/mol. The van der Waals surface area contributed by atoms with Crippen LogP contribution in [0.25, 0.3) is 0 Å². The normalized spacial score (nSPS) is 23.8. The molecule has 2 aliphatic rings. The first-order chi connectivity index (χ1) is 8.33. The number of hydrogen-bond donors (Lipinski definition) is 0. The fourth-order valence-electron chi connectivity index (χ4n) is 2.22. The zero-order chi connectivity index (χ0) is 11.7. The molecular weight excluding hydrogens is 216 g/mol. The van der Waals surface area contributed by atoms with E-state index in [9.17, 15) is 4.79 Å². The van der Waals surface area contributed by atoms with Crippen LogP contribution in [0, 0.1) is 5.92 Å². The average Bonchev–Trinajstić information content (AvgIpc) is 3.11. The molecule has 4 nitrogen and oxygen atoms in total. The predicted octanol–water partition coefficient (Wildman–Crippen LogP) is 1.47. The molecule has 1 amide bonds. The second-order valence-corrected chi connectivity index (χ2v) is 4.77.